The van der Waals surface area contributed by atoms with Gasteiger partial charge < -0.3 is 0 Å². The Hall–Kier alpha value is -0.953. The SMILES string of the molecule is CCCCCCCCC1=CC(=[Si](C)C)C=C1C1=CC=CC1. The van der Waals surface area contributed by atoms with Crippen LogP contribution in [0.1, 0.15) is 58.3 Å². The highest BCUT2D eigenvalue weighted by atomic mass is 28.2. The maximum absolute atomic E-state index is 2.51. The van der Waals surface area contributed by atoms with Gasteiger partial charge >= 0.3 is 0 Å². The second-order valence-corrected chi connectivity index (χ2v) is 9.10. The predicted molar refractivity (Wildman–Crippen MR) is 98.5 cm³/mol. The van der Waals surface area contributed by atoms with Crippen molar-refractivity contribution < 1.29 is 0 Å². The summed E-state index contributed by atoms with van der Waals surface area (Å²) in [7, 11) is -0.331. The molecule has 0 aliphatic heterocycles. The predicted octanol–water partition coefficient (Wildman–Crippen LogP) is 6.00. The second-order valence-electron chi connectivity index (χ2n) is 6.52. The van der Waals surface area contributed by atoms with Crippen LogP contribution < -0.4 is 0 Å². The van der Waals surface area contributed by atoms with Crippen LogP contribution in [0.5, 0.6) is 0 Å². The second kappa shape index (κ2) is 8.48. The quantitative estimate of drug-likeness (QED) is 0.381. The highest BCUT2D eigenvalue weighted by Crippen LogP contribution is 2.32. The van der Waals surface area contributed by atoms with E-state index in [1.54, 1.807) is 16.3 Å². The van der Waals surface area contributed by atoms with Gasteiger partial charge in [0, 0.05) is 8.41 Å². The van der Waals surface area contributed by atoms with E-state index in [0.717, 1.165) is 6.42 Å². The molecule has 0 nitrogen and oxygen atoms in total. The lowest BCUT2D eigenvalue weighted by atomic mass is 9.95. The number of allylic oxidation sites excluding steroid dienone is 8. The smallest absolute Gasteiger partial charge is 0.0128 e. The van der Waals surface area contributed by atoms with Crippen molar-refractivity contribution in [1.82, 2.24) is 0 Å². The molecule has 0 unspecified atom stereocenters. The van der Waals surface area contributed by atoms with E-state index in [2.05, 4.69) is 50.4 Å². The van der Waals surface area contributed by atoms with E-state index < -0.39 is 0 Å². The highest BCUT2D eigenvalue weighted by molar-refractivity contribution is 6.73. The molecular weight excluding hydrogens is 268 g/mol. The third kappa shape index (κ3) is 4.77. The fourth-order valence-corrected chi connectivity index (χ4v) is 3.99. The maximum Gasteiger partial charge on any atom is 0.0128 e. The van der Waals surface area contributed by atoms with Crippen molar-refractivity contribution >= 4 is 13.6 Å². The van der Waals surface area contributed by atoms with Gasteiger partial charge in [-0.3, -0.25) is 0 Å². The number of hydrogen-bond donors (Lipinski definition) is 0. The minimum absolute atomic E-state index is 0.331. The van der Waals surface area contributed by atoms with Crippen molar-refractivity contribution in [2.45, 2.75) is 71.4 Å². The Bertz CT molecular complexity index is 508. The van der Waals surface area contributed by atoms with E-state index >= 15 is 0 Å². The Morgan fingerprint density at radius 1 is 1.00 bits per heavy atom. The van der Waals surface area contributed by atoms with Crippen molar-refractivity contribution in [2.75, 3.05) is 0 Å². The van der Waals surface area contributed by atoms with Crippen molar-refractivity contribution in [2.24, 2.45) is 0 Å². The summed E-state index contributed by atoms with van der Waals surface area (Å²) in [6.45, 7) is 7.09. The van der Waals surface area contributed by atoms with Gasteiger partial charge in [-0.2, -0.15) is 0 Å². The molecule has 0 atom stereocenters. The Labute approximate surface area is 132 Å². The van der Waals surface area contributed by atoms with Crippen molar-refractivity contribution in [3.05, 3.63) is 47.1 Å². The molecule has 0 bridgehead atoms. The van der Waals surface area contributed by atoms with Crippen LogP contribution in [-0.2, 0) is 0 Å². The zero-order chi connectivity index (χ0) is 15.1. The fourth-order valence-electron chi connectivity index (χ4n) is 3.09. The Morgan fingerprint density at radius 2 is 1.76 bits per heavy atom. The molecule has 1 heteroatoms. The first-order valence-electron chi connectivity index (χ1n) is 8.68. The summed E-state index contributed by atoms with van der Waals surface area (Å²) in [5.41, 5.74) is 4.70. The van der Waals surface area contributed by atoms with Crippen LogP contribution in [0, 0.1) is 0 Å². The molecule has 2 rings (SSSR count). The number of unbranched alkanes of at least 4 members (excludes halogenated alkanes) is 5. The van der Waals surface area contributed by atoms with Crippen molar-refractivity contribution in [3.8, 4) is 0 Å². The normalized spacial score (nSPS) is 17.1. The van der Waals surface area contributed by atoms with Gasteiger partial charge in [0.25, 0.3) is 0 Å². The van der Waals surface area contributed by atoms with Gasteiger partial charge in [0.1, 0.15) is 0 Å². The molecule has 0 saturated heterocycles. The minimum atomic E-state index is -0.331. The standard InChI is InChI=1S/C20H30Si/c1-4-5-6-7-8-9-14-18-15-19(21(2)3)16-20(18)17-12-10-11-13-17/h10-12,15-16H,4-9,13-14H2,1-3H3. The molecule has 0 aromatic rings. The average Bonchev–Trinajstić information content (AvgIpc) is 3.11. The van der Waals surface area contributed by atoms with Crippen LogP contribution in [0.15, 0.2) is 47.1 Å². The van der Waals surface area contributed by atoms with Gasteiger partial charge in [-0.05, 0) is 41.2 Å². The third-order valence-corrected chi connectivity index (χ3v) is 5.91. The lowest BCUT2D eigenvalue weighted by Crippen LogP contribution is -2.00. The molecule has 0 saturated carbocycles. The van der Waals surface area contributed by atoms with Crippen LogP contribution in [-0.4, -0.2) is 13.6 Å². The molecule has 0 N–H and O–H groups in total. The van der Waals surface area contributed by atoms with E-state index in [4.69, 9.17) is 0 Å². The molecule has 0 heterocycles. The summed E-state index contributed by atoms with van der Waals surface area (Å²) in [5, 5.41) is 1.61. The van der Waals surface area contributed by atoms with Crippen LogP contribution in [0.2, 0.25) is 13.1 Å². The summed E-state index contributed by atoms with van der Waals surface area (Å²) < 4.78 is 0. The van der Waals surface area contributed by atoms with Crippen molar-refractivity contribution in [1.29, 1.82) is 0 Å². The zero-order valence-electron chi connectivity index (χ0n) is 14.0. The van der Waals surface area contributed by atoms with Gasteiger partial charge in [0.2, 0.25) is 0 Å². The van der Waals surface area contributed by atoms with Gasteiger partial charge in [0.15, 0.2) is 0 Å². The van der Waals surface area contributed by atoms with E-state index in [1.807, 2.05) is 0 Å². The van der Waals surface area contributed by atoms with Crippen LogP contribution >= 0.6 is 0 Å². The molecule has 0 aromatic heterocycles. The molecule has 2 aliphatic carbocycles. The minimum Gasteiger partial charge on any atom is -0.0801 e. The Balaban J connectivity index is 1.92. The number of hydrogen-bond acceptors (Lipinski definition) is 0. The fraction of sp³-hybridized carbons (Fsp3) is 0.550. The van der Waals surface area contributed by atoms with Gasteiger partial charge in [-0.1, -0.05) is 82.5 Å². The van der Waals surface area contributed by atoms with Gasteiger partial charge in [-0.15, -0.1) is 0 Å². The van der Waals surface area contributed by atoms with Gasteiger partial charge in [0.05, 0.1) is 0 Å². The zero-order valence-corrected chi connectivity index (χ0v) is 15.0. The molecule has 2 aliphatic rings. The molecule has 114 valence electrons. The molecule has 0 spiro atoms. The number of rotatable bonds is 8. The topological polar surface area (TPSA) is 0 Å². The molecular formula is C20H30Si. The van der Waals surface area contributed by atoms with E-state index in [-0.39, 0.29) is 8.41 Å². The Morgan fingerprint density at radius 3 is 2.43 bits per heavy atom. The first kappa shape index (κ1) is 16.4. The third-order valence-electron chi connectivity index (χ3n) is 4.47. The Kier molecular flexibility index (Phi) is 6.63. The van der Waals surface area contributed by atoms with Crippen LogP contribution in [0.25, 0.3) is 0 Å². The summed E-state index contributed by atoms with van der Waals surface area (Å²) in [6.07, 6.45) is 22.5. The molecule has 0 fully saturated rings. The first-order chi connectivity index (χ1) is 10.2. The maximum atomic E-state index is 2.51. The molecule has 0 amide bonds. The van der Waals surface area contributed by atoms with E-state index in [9.17, 15) is 0 Å². The van der Waals surface area contributed by atoms with E-state index in [0.29, 0.717) is 0 Å². The van der Waals surface area contributed by atoms with Crippen molar-refractivity contribution in [3.63, 3.8) is 0 Å². The van der Waals surface area contributed by atoms with Crippen LogP contribution in [0.4, 0.5) is 0 Å². The average molecular weight is 299 g/mol. The first-order valence-corrected chi connectivity index (χ1v) is 11.2. The monoisotopic (exact) mass is 298 g/mol. The lowest BCUT2D eigenvalue weighted by Gasteiger charge is -2.09. The molecule has 0 aromatic carbocycles. The molecule has 21 heavy (non-hydrogen) atoms. The molecule has 0 radical (unpaired) electrons. The lowest BCUT2D eigenvalue weighted by molar-refractivity contribution is 0.607. The summed E-state index contributed by atoms with van der Waals surface area (Å²) in [6, 6.07) is 0. The van der Waals surface area contributed by atoms with E-state index in [1.165, 1.54) is 50.5 Å². The summed E-state index contributed by atoms with van der Waals surface area (Å²) >= 11 is 0. The highest BCUT2D eigenvalue weighted by Gasteiger charge is 2.17. The van der Waals surface area contributed by atoms with Gasteiger partial charge in [-0.25, -0.2) is 0 Å². The van der Waals surface area contributed by atoms with Crippen LogP contribution in [0.3, 0.4) is 0 Å². The summed E-state index contributed by atoms with van der Waals surface area (Å²) in [5.74, 6) is 0. The largest absolute Gasteiger partial charge is 0.0801 e. The summed E-state index contributed by atoms with van der Waals surface area (Å²) in [4.78, 5) is 0.